The summed E-state index contributed by atoms with van der Waals surface area (Å²) in [6, 6.07) is 5.71. The molecule has 14 N–H and O–H groups in total. The summed E-state index contributed by atoms with van der Waals surface area (Å²) in [4.78, 5) is 153. The fourth-order valence-corrected chi connectivity index (χ4v) is 7.32. The molecule has 1 aromatic carbocycles. The average molecular weight is 1200 g/mol. The number of nitrogens with zero attached hydrogens (tertiary/aromatic N) is 1. The highest BCUT2D eigenvalue weighted by atomic mass is 31.2. The Bertz CT molecular complexity index is 2420. The monoisotopic (exact) mass is 1200 g/mol. The van der Waals surface area contributed by atoms with Gasteiger partial charge in [-0.1, -0.05) is 65.1 Å². The van der Waals surface area contributed by atoms with E-state index < -0.39 is 117 Å². The number of carboxylic acids is 1. The fourth-order valence-electron chi connectivity index (χ4n) is 6.57. The van der Waals surface area contributed by atoms with Crippen molar-refractivity contribution in [2.24, 2.45) is 16.5 Å². The third kappa shape index (κ3) is 35.6. The number of rotatable bonds is 35. The van der Waals surface area contributed by atoms with E-state index in [1.54, 1.807) is 37.3 Å². The molecule has 1 aliphatic rings. The molecular formula is C51H82N11O20P. The fraction of sp³-hybridized carbons (Fsp3) is 0.569. The number of benzene rings is 1. The largest absolute Gasteiger partial charge is 0.478 e. The maximum Gasteiger partial charge on any atom is 0.472 e. The van der Waals surface area contributed by atoms with E-state index in [0.29, 0.717) is 18.1 Å². The van der Waals surface area contributed by atoms with Gasteiger partial charge in [0.2, 0.25) is 35.4 Å². The first-order chi connectivity index (χ1) is 38.6. The van der Waals surface area contributed by atoms with Gasteiger partial charge in [-0.05, 0) is 31.2 Å². The second-order valence-corrected chi connectivity index (χ2v) is 18.7. The van der Waals surface area contributed by atoms with Crippen LogP contribution in [0.5, 0.6) is 0 Å². The van der Waals surface area contributed by atoms with Crippen LogP contribution in [0.4, 0.5) is 0 Å². The number of aliphatic carboxylic acids is 1. The van der Waals surface area contributed by atoms with E-state index in [1.165, 1.54) is 13.0 Å². The lowest BCUT2D eigenvalue weighted by molar-refractivity contribution is -0.160. The van der Waals surface area contributed by atoms with Gasteiger partial charge in [-0.15, -0.1) is 0 Å². The number of ether oxygens (including phenoxy) is 4. The minimum Gasteiger partial charge on any atom is -0.478 e. The SMILES string of the molecule is C.C.CCC(=O)OC[C@H](COP(=O)(O)OCCNC(=O)CCC(=O)NCCOCCOCCC(=O)NCCCC[C@@H]1NC(=O)[C@@H](Cc2ccccc2)NC(=O)/C(=C\C(=O)O)NC(=O)CNC(=O)/C(=C/CCN=C(N)N)NC1=O)OC(=O)CC. The van der Waals surface area contributed by atoms with Crippen molar-refractivity contribution in [3.8, 4) is 0 Å². The van der Waals surface area contributed by atoms with Crippen molar-refractivity contribution >= 4 is 78.9 Å². The number of nitrogens with one attached hydrogen (secondary N) is 8. The van der Waals surface area contributed by atoms with Gasteiger partial charge >= 0.3 is 25.7 Å². The Morgan fingerprint density at radius 1 is 0.735 bits per heavy atom. The zero-order chi connectivity index (χ0) is 60.0. The first-order valence-electron chi connectivity index (χ1n) is 25.8. The summed E-state index contributed by atoms with van der Waals surface area (Å²) in [6.07, 6.45) is 0.700. The van der Waals surface area contributed by atoms with E-state index >= 15 is 0 Å². The Balaban J connectivity index is 0.0000336. The van der Waals surface area contributed by atoms with Crippen LogP contribution in [0, 0.1) is 0 Å². The van der Waals surface area contributed by atoms with E-state index in [4.69, 9.17) is 39.5 Å². The van der Waals surface area contributed by atoms with E-state index in [1.807, 2.05) is 0 Å². The zero-order valence-electron chi connectivity index (χ0n) is 45.1. The van der Waals surface area contributed by atoms with Gasteiger partial charge in [0.05, 0.1) is 52.3 Å². The average Bonchev–Trinajstić information content (AvgIpc) is 3.49. The highest BCUT2D eigenvalue weighted by Crippen LogP contribution is 2.43. The molecule has 1 fully saturated rings. The van der Waals surface area contributed by atoms with Crippen LogP contribution in [0.1, 0.15) is 92.1 Å². The maximum atomic E-state index is 14.0. The summed E-state index contributed by atoms with van der Waals surface area (Å²) >= 11 is 0. The lowest BCUT2D eigenvalue weighted by Gasteiger charge is -2.24. The van der Waals surface area contributed by atoms with Crippen LogP contribution in [-0.2, 0) is 91.7 Å². The molecule has 2 rings (SSSR count). The molecule has 1 heterocycles. The van der Waals surface area contributed by atoms with Crippen LogP contribution < -0.4 is 54.0 Å². The first kappa shape index (κ1) is 75.2. The minimum absolute atomic E-state index is 0. The standard InChI is InChI=1S/C49H74N11O20P.2CH4/c1-3-43(67)77-30-33(80-44(68)4-2)31-79-81(73,74)78-24-21-54-39(62)16-15-38(61)53-20-23-76-26-25-75-22-17-40(63)52-18-9-8-13-35-46(70)58-34(14-10-19-55-49(50)51)45(69)56-29-41(64)57-37(28-42(65)66)48(72)60-36(47(71)59-35)27-32-11-6-5-7-12-32;;/h5-7,11-12,14,28,33,35-36H,3-4,8-10,13,15-27,29-31H2,1-2H3,(H,52,63)(H,53,61)(H,54,62)(H,56,69)(H,57,64)(H,58,70)(H,59,71)(H,60,72)(H,65,66)(H,73,74)(H4,50,51,55);2*1H4/b34-14-,37-28+;;/t33-,35+,36-;;/m1../s1. The molecule has 1 saturated heterocycles. The van der Waals surface area contributed by atoms with Gasteiger partial charge in [0, 0.05) is 64.7 Å². The van der Waals surface area contributed by atoms with Gasteiger partial charge in [-0.3, -0.25) is 62.0 Å². The van der Waals surface area contributed by atoms with Crippen LogP contribution in [0.2, 0.25) is 0 Å². The zero-order valence-corrected chi connectivity index (χ0v) is 46.0. The van der Waals surface area contributed by atoms with Crippen LogP contribution >= 0.6 is 7.82 Å². The number of phosphoric ester groups is 1. The number of nitrogens with two attached hydrogens (primary N) is 2. The number of esters is 2. The number of unbranched alkanes of at least 4 members (excludes halogenated alkanes) is 1. The molecule has 0 radical (unpaired) electrons. The molecule has 8 amide bonds. The Morgan fingerprint density at radius 3 is 2.00 bits per heavy atom. The Hall–Kier alpha value is -7.83. The molecule has 0 bridgehead atoms. The van der Waals surface area contributed by atoms with Crippen molar-refractivity contribution in [3.05, 3.63) is 59.4 Å². The lowest BCUT2D eigenvalue weighted by atomic mass is 10.0. The Morgan fingerprint density at radius 2 is 1.36 bits per heavy atom. The van der Waals surface area contributed by atoms with Crippen LogP contribution in [0.25, 0.3) is 0 Å². The van der Waals surface area contributed by atoms with E-state index in [0.717, 1.165) is 0 Å². The lowest BCUT2D eigenvalue weighted by Crippen LogP contribution is -2.55. The molecule has 0 spiro atoms. The molecule has 4 atom stereocenters. The summed E-state index contributed by atoms with van der Waals surface area (Å²) in [5.41, 5.74) is 10.3. The number of hydrogen-bond acceptors (Lipinski definition) is 19. The predicted octanol–water partition coefficient (Wildman–Crippen LogP) is -1.52. The number of aliphatic imine (C=N–C) groups is 1. The van der Waals surface area contributed by atoms with Gasteiger partial charge in [0.1, 0.15) is 30.1 Å². The summed E-state index contributed by atoms with van der Waals surface area (Å²) < 4.78 is 42.7. The molecular weight excluding hydrogens is 1120 g/mol. The number of carbonyl (C=O) groups is 11. The van der Waals surface area contributed by atoms with Crippen molar-refractivity contribution in [1.82, 2.24) is 42.5 Å². The number of hydrogen-bond donors (Lipinski definition) is 12. The highest BCUT2D eigenvalue weighted by molar-refractivity contribution is 7.47. The molecule has 32 heteroatoms. The quantitative estimate of drug-likeness (QED) is 0.00917. The molecule has 1 aliphatic heterocycles. The smallest absolute Gasteiger partial charge is 0.472 e. The van der Waals surface area contributed by atoms with E-state index in [-0.39, 0.29) is 143 Å². The summed E-state index contributed by atoms with van der Waals surface area (Å²) in [6.45, 7) is 1.41. The summed E-state index contributed by atoms with van der Waals surface area (Å²) in [5.74, 6) is -9.19. The van der Waals surface area contributed by atoms with Crippen molar-refractivity contribution in [3.63, 3.8) is 0 Å². The van der Waals surface area contributed by atoms with E-state index in [9.17, 15) is 67.3 Å². The van der Waals surface area contributed by atoms with Crippen LogP contribution in [0.15, 0.2) is 58.9 Å². The summed E-state index contributed by atoms with van der Waals surface area (Å²) in [7, 11) is -4.65. The van der Waals surface area contributed by atoms with Crippen LogP contribution in [-0.4, -0.2) is 178 Å². The van der Waals surface area contributed by atoms with Crippen molar-refractivity contribution in [1.29, 1.82) is 0 Å². The summed E-state index contributed by atoms with van der Waals surface area (Å²) in [5, 5.41) is 29.2. The second-order valence-electron chi connectivity index (χ2n) is 17.2. The Kier molecular flexibility index (Phi) is 38.9. The van der Waals surface area contributed by atoms with Gasteiger partial charge in [0.15, 0.2) is 12.1 Å². The molecule has 466 valence electrons. The van der Waals surface area contributed by atoms with Crippen molar-refractivity contribution < 1.29 is 95.3 Å². The second kappa shape index (κ2) is 42.9. The number of amides is 8. The molecule has 0 saturated carbocycles. The third-order valence-corrected chi connectivity index (χ3v) is 11.6. The normalized spacial score (nSPS) is 16.8. The number of guanidine groups is 1. The van der Waals surface area contributed by atoms with Crippen molar-refractivity contribution in [2.75, 3.05) is 79.0 Å². The van der Waals surface area contributed by atoms with Crippen molar-refractivity contribution in [2.45, 2.75) is 111 Å². The van der Waals surface area contributed by atoms with E-state index in [2.05, 4.69) is 47.5 Å². The molecule has 31 nitrogen and oxygen atoms in total. The maximum absolute atomic E-state index is 14.0. The Labute approximate surface area is 481 Å². The van der Waals surface area contributed by atoms with Crippen LogP contribution in [0.3, 0.4) is 0 Å². The highest BCUT2D eigenvalue weighted by Gasteiger charge is 2.31. The molecule has 83 heavy (non-hydrogen) atoms. The molecule has 0 aliphatic carbocycles. The third-order valence-electron chi connectivity index (χ3n) is 10.7. The van der Waals surface area contributed by atoms with Gasteiger partial charge < -0.3 is 82.9 Å². The molecule has 1 unspecified atom stereocenters. The van der Waals surface area contributed by atoms with Gasteiger partial charge in [0.25, 0.3) is 11.8 Å². The number of phosphoric acid groups is 1. The topological polar surface area (TPSA) is 461 Å². The predicted molar refractivity (Wildman–Crippen MR) is 297 cm³/mol. The van der Waals surface area contributed by atoms with Gasteiger partial charge in [-0.2, -0.15) is 0 Å². The number of carboxylic acid groups (broad SMARTS) is 1. The van der Waals surface area contributed by atoms with Gasteiger partial charge in [-0.25, -0.2) is 9.36 Å². The number of carbonyl (C=O) groups excluding carboxylic acids is 10. The molecule has 0 aromatic heterocycles. The molecule has 1 aromatic rings. The first-order valence-corrected chi connectivity index (χ1v) is 27.3. The minimum atomic E-state index is -4.65.